The summed E-state index contributed by atoms with van der Waals surface area (Å²) in [6, 6.07) is 14.4. The molecule has 0 saturated carbocycles. The van der Waals surface area contributed by atoms with E-state index in [-0.39, 0.29) is 46.8 Å². The highest BCUT2D eigenvalue weighted by atomic mass is 32.2. The van der Waals surface area contributed by atoms with Gasteiger partial charge in [0.1, 0.15) is 12.4 Å². The average molecular weight is 682 g/mol. The molecule has 0 radical (unpaired) electrons. The van der Waals surface area contributed by atoms with Crippen LogP contribution in [0.25, 0.3) is 11.3 Å². The van der Waals surface area contributed by atoms with Crippen LogP contribution in [0.1, 0.15) is 80.2 Å². The summed E-state index contributed by atoms with van der Waals surface area (Å²) in [6.45, 7) is 10.5. The number of aromatic nitrogens is 4. The minimum atomic E-state index is -4.17. The highest BCUT2D eigenvalue weighted by molar-refractivity contribution is 7.92. The topological polar surface area (TPSA) is 131 Å². The number of nitrogens with zero attached hydrogens (tertiary/aromatic N) is 6. The van der Waals surface area contributed by atoms with Gasteiger partial charge in [0.05, 0.1) is 41.3 Å². The maximum atomic E-state index is 14.5. The summed E-state index contributed by atoms with van der Waals surface area (Å²) in [6.07, 6.45) is 9.14. The van der Waals surface area contributed by atoms with Crippen LogP contribution in [0.4, 0.5) is 11.6 Å². The normalized spacial score (nSPS) is 21.7. The molecule has 4 aromatic rings. The van der Waals surface area contributed by atoms with Crippen molar-refractivity contribution in [3.05, 3.63) is 83.4 Å². The number of hydrogen-bond acceptors (Lipinski definition) is 9. The number of ether oxygens (including phenoxy) is 1. The molecule has 1 amide bonds. The van der Waals surface area contributed by atoms with Gasteiger partial charge in [-0.25, -0.2) is 28.1 Å². The zero-order valence-corrected chi connectivity index (χ0v) is 29.5. The molecule has 5 heterocycles. The van der Waals surface area contributed by atoms with E-state index < -0.39 is 16.1 Å². The molecule has 12 heteroatoms. The van der Waals surface area contributed by atoms with E-state index in [1.807, 2.05) is 44.4 Å². The average Bonchev–Trinajstić information content (AvgIpc) is 3.65. The first-order valence-electron chi connectivity index (χ1n) is 17.0. The molecule has 3 aliphatic rings. The fourth-order valence-electron chi connectivity index (χ4n) is 7.60. The molecular weight excluding hydrogens is 639 g/mol. The molecule has 2 saturated heterocycles. The van der Waals surface area contributed by atoms with Gasteiger partial charge in [0.15, 0.2) is 0 Å². The summed E-state index contributed by atoms with van der Waals surface area (Å²) < 4.78 is 36.3. The van der Waals surface area contributed by atoms with Gasteiger partial charge in [0.2, 0.25) is 11.8 Å². The van der Waals surface area contributed by atoms with E-state index >= 15 is 0 Å². The lowest BCUT2D eigenvalue weighted by atomic mass is 9.87. The van der Waals surface area contributed by atoms with Gasteiger partial charge < -0.3 is 14.5 Å². The van der Waals surface area contributed by atoms with Crippen LogP contribution >= 0.6 is 0 Å². The quantitative estimate of drug-likeness (QED) is 0.257. The van der Waals surface area contributed by atoms with E-state index in [0.717, 1.165) is 22.4 Å². The molecule has 0 spiro atoms. The minimum absolute atomic E-state index is 0.0747. The summed E-state index contributed by atoms with van der Waals surface area (Å²) in [5.74, 6) is 0.242. The van der Waals surface area contributed by atoms with Crippen molar-refractivity contribution in [2.24, 2.45) is 5.41 Å². The Labute approximate surface area is 288 Å². The Morgan fingerprint density at radius 2 is 1.57 bits per heavy atom. The SMILES string of the molecule is Cc1cccc(C)c1-c1cc2nc(n1)NS(=O)(=O)c1cccc(c1)C(=O)N(Cc1ncc(N3C4CCC3CC4)cn1)[C@H](CC(C)(C)C)CO2. The molecule has 1 N–H and O–H groups in total. The summed E-state index contributed by atoms with van der Waals surface area (Å²) in [5, 5.41) is 0. The zero-order valence-electron chi connectivity index (χ0n) is 28.7. The number of carbonyl (C=O) groups is 1. The number of amides is 1. The Kier molecular flexibility index (Phi) is 8.54. The third kappa shape index (κ3) is 6.83. The molecule has 256 valence electrons. The number of aryl methyl sites for hydroxylation is 2. The van der Waals surface area contributed by atoms with Crippen LogP contribution < -0.4 is 14.4 Å². The Morgan fingerprint density at radius 3 is 2.22 bits per heavy atom. The standard InChI is InChI=1S/C37H43N7O4S/c1-23-8-6-9-24(2)34(23)31-17-33-41-36(40-31)42-49(46,47)30-11-7-10-25(16-30)35(45)43(28(22-48-33)18-37(3,4)5)21-32-38-19-29(20-39-32)44-26-12-13-27(44)15-14-26/h6-11,16-17,19-20,26-28H,12-15,18,21-22H2,1-5H3,(H,40,41,42)/t26?,27?,28-/m1/s1. The minimum Gasteiger partial charge on any atom is -0.475 e. The lowest BCUT2D eigenvalue weighted by Crippen LogP contribution is -2.45. The molecule has 11 nitrogen and oxygen atoms in total. The highest BCUT2D eigenvalue weighted by Gasteiger charge is 2.39. The summed E-state index contributed by atoms with van der Waals surface area (Å²) in [5.41, 5.74) is 4.42. The second kappa shape index (κ2) is 12.7. The van der Waals surface area contributed by atoms with Gasteiger partial charge in [-0.2, -0.15) is 4.98 Å². The maximum absolute atomic E-state index is 14.5. The van der Waals surface area contributed by atoms with Gasteiger partial charge in [-0.15, -0.1) is 0 Å². The molecule has 2 aromatic heterocycles. The predicted octanol–water partition coefficient (Wildman–Crippen LogP) is 6.32. The van der Waals surface area contributed by atoms with Gasteiger partial charge in [-0.3, -0.25) is 4.79 Å². The predicted molar refractivity (Wildman–Crippen MR) is 188 cm³/mol. The number of carbonyl (C=O) groups excluding carboxylic acids is 1. The number of sulfonamides is 1. The smallest absolute Gasteiger partial charge is 0.264 e. The third-order valence-electron chi connectivity index (χ3n) is 9.78. The third-order valence-corrected chi connectivity index (χ3v) is 11.1. The van der Waals surface area contributed by atoms with Crippen LogP contribution in [-0.4, -0.2) is 63.9 Å². The number of rotatable bonds is 5. The molecule has 7 rings (SSSR count). The molecular formula is C37H43N7O4S. The Bertz CT molecular complexity index is 1950. The van der Waals surface area contributed by atoms with Crippen molar-refractivity contribution in [2.75, 3.05) is 16.2 Å². The second-order valence-electron chi connectivity index (χ2n) is 14.7. The summed E-state index contributed by atoms with van der Waals surface area (Å²) in [4.78, 5) is 37.1. The van der Waals surface area contributed by atoms with Crippen LogP contribution in [0.2, 0.25) is 0 Å². The number of fused-ring (bicyclic) bond motifs is 6. The number of anilines is 2. The molecule has 0 unspecified atom stereocenters. The monoisotopic (exact) mass is 681 g/mol. The van der Waals surface area contributed by atoms with Crippen LogP contribution in [0.15, 0.2) is 65.8 Å². The molecule has 0 aliphatic carbocycles. The maximum Gasteiger partial charge on any atom is 0.264 e. The van der Waals surface area contributed by atoms with Crippen molar-refractivity contribution in [2.45, 2.75) is 96.3 Å². The number of benzene rings is 2. The summed E-state index contributed by atoms with van der Waals surface area (Å²) >= 11 is 0. The van der Waals surface area contributed by atoms with Gasteiger partial charge in [0, 0.05) is 29.3 Å². The highest BCUT2D eigenvalue weighted by Crippen LogP contribution is 2.40. The largest absolute Gasteiger partial charge is 0.475 e. The first kappa shape index (κ1) is 32.9. The molecule has 3 aliphatic heterocycles. The van der Waals surface area contributed by atoms with Gasteiger partial charge >= 0.3 is 0 Å². The Hall–Kier alpha value is -4.58. The fraction of sp³-hybridized carbons (Fsp3) is 0.432. The van der Waals surface area contributed by atoms with E-state index in [4.69, 9.17) is 14.7 Å². The van der Waals surface area contributed by atoms with Crippen molar-refractivity contribution in [1.82, 2.24) is 24.8 Å². The summed E-state index contributed by atoms with van der Waals surface area (Å²) in [7, 11) is -4.17. The first-order chi connectivity index (χ1) is 23.3. The Balaban J connectivity index is 1.30. The van der Waals surface area contributed by atoms with Crippen molar-refractivity contribution >= 4 is 27.6 Å². The van der Waals surface area contributed by atoms with Crippen LogP contribution in [0.5, 0.6) is 5.88 Å². The van der Waals surface area contributed by atoms with Gasteiger partial charge in [0.25, 0.3) is 15.9 Å². The lowest BCUT2D eigenvalue weighted by molar-refractivity contribution is 0.0505. The van der Waals surface area contributed by atoms with Crippen LogP contribution in [0.3, 0.4) is 0 Å². The second-order valence-corrected chi connectivity index (χ2v) is 16.4. The number of hydrogen-bond donors (Lipinski definition) is 1. The molecule has 1 atom stereocenters. The van der Waals surface area contributed by atoms with Crippen molar-refractivity contribution < 1.29 is 17.9 Å². The van der Waals surface area contributed by atoms with Gasteiger partial charge in [-0.1, -0.05) is 45.0 Å². The van der Waals surface area contributed by atoms with E-state index in [9.17, 15) is 13.2 Å². The van der Waals surface area contributed by atoms with E-state index in [0.29, 0.717) is 30.0 Å². The van der Waals surface area contributed by atoms with Gasteiger partial charge in [-0.05, 0) is 80.7 Å². The van der Waals surface area contributed by atoms with Crippen molar-refractivity contribution in [3.8, 4) is 17.1 Å². The lowest BCUT2D eigenvalue weighted by Gasteiger charge is -2.35. The molecule has 2 aromatic carbocycles. The Morgan fingerprint density at radius 1 is 0.918 bits per heavy atom. The van der Waals surface area contributed by atoms with E-state index in [1.54, 1.807) is 23.1 Å². The first-order valence-corrected chi connectivity index (χ1v) is 18.4. The van der Waals surface area contributed by atoms with E-state index in [1.165, 1.54) is 37.8 Å². The number of nitrogens with one attached hydrogen (secondary N) is 1. The van der Waals surface area contributed by atoms with Crippen LogP contribution in [-0.2, 0) is 16.6 Å². The zero-order chi connectivity index (χ0) is 34.5. The molecule has 6 bridgehead atoms. The fourth-order valence-corrected chi connectivity index (χ4v) is 8.59. The molecule has 49 heavy (non-hydrogen) atoms. The van der Waals surface area contributed by atoms with E-state index in [2.05, 4.69) is 40.4 Å². The molecule has 2 fully saturated rings. The van der Waals surface area contributed by atoms with Crippen molar-refractivity contribution in [1.29, 1.82) is 0 Å². The van der Waals surface area contributed by atoms with Crippen molar-refractivity contribution in [3.63, 3.8) is 0 Å². The van der Waals surface area contributed by atoms with Crippen LogP contribution in [0, 0.1) is 19.3 Å².